The average molecular weight is 304 g/mol. The highest BCUT2D eigenvalue weighted by Crippen LogP contribution is 2.29. The van der Waals surface area contributed by atoms with E-state index in [4.69, 9.17) is 11.6 Å². The van der Waals surface area contributed by atoms with Crippen LogP contribution in [0.4, 0.5) is 5.82 Å². The highest BCUT2D eigenvalue weighted by Gasteiger charge is 2.16. The van der Waals surface area contributed by atoms with Crippen LogP contribution in [-0.2, 0) is 0 Å². The molecule has 0 fully saturated rings. The van der Waals surface area contributed by atoms with Crippen LogP contribution in [0.5, 0.6) is 0 Å². The zero-order chi connectivity index (χ0) is 15.4. The largest absolute Gasteiger partial charge is 0.353 e. The van der Waals surface area contributed by atoms with E-state index >= 15 is 0 Å². The minimum atomic E-state index is 0.166. The molecule has 0 aliphatic heterocycles. The van der Waals surface area contributed by atoms with Crippen molar-refractivity contribution in [3.05, 3.63) is 58.7 Å². The molecule has 2 atom stereocenters. The van der Waals surface area contributed by atoms with Gasteiger partial charge in [0.1, 0.15) is 5.82 Å². The molecule has 1 aromatic heterocycles. The molecule has 4 heteroatoms. The van der Waals surface area contributed by atoms with Crippen molar-refractivity contribution in [1.29, 1.82) is 0 Å². The van der Waals surface area contributed by atoms with Crippen LogP contribution in [0.3, 0.4) is 0 Å². The molecule has 0 aliphatic rings. The number of pyridine rings is 1. The number of halogens is 1. The molecule has 2 unspecified atom stereocenters. The van der Waals surface area contributed by atoms with E-state index < -0.39 is 0 Å². The van der Waals surface area contributed by atoms with Gasteiger partial charge >= 0.3 is 0 Å². The molecule has 0 spiro atoms. The van der Waals surface area contributed by atoms with Crippen LogP contribution in [0.15, 0.2) is 42.6 Å². The predicted molar refractivity (Wildman–Crippen MR) is 90.0 cm³/mol. The van der Waals surface area contributed by atoms with Gasteiger partial charge in [-0.15, -0.1) is 0 Å². The Hall–Kier alpha value is -1.58. The molecule has 1 heterocycles. The molecule has 21 heavy (non-hydrogen) atoms. The molecule has 0 bridgehead atoms. The minimum Gasteiger partial charge on any atom is -0.353 e. The maximum atomic E-state index is 6.28. The molecule has 2 aromatic rings. The smallest absolute Gasteiger partial charge is 0.128 e. The fourth-order valence-electron chi connectivity index (χ4n) is 2.25. The van der Waals surface area contributed by atoms with Gasteiger partial charge in [0.2, 0.25) is 0 Å². The first kappa shape index (κ1) is 15.8. The Balaban J connectivity index is 2.20. The van der Waals surface area contributed by atoms with Crippen LogP contribution >= 0.6 is 11.6 Å². The van der Waals surface area contributed by atoms with E-state index in [-0.39, 0.29) is 6.04 Å². The highest BCUT2D eigenvalue weighted by atomic mass is 35.5. The van der Waals surface area contributed by atoms with Crippen molar-refractivity contribution in [3.8, 4) is 0 Å². The average Bonchev–Trinajstić information content (AvgIpc) is 2.53. The van der Waals surface area contributed by atoms with Crippen molar-refractivity contribution >= 4 is 17.4 Å². The van der Waals surface area contributed by atoms with E-state index in [2.05, 4.69) is 47.2 Å². The molecule has 3 nitrogen and oxygen atoms in total. The van der Waals surface area contributed by atoms with Gasteiger partial charge in [0.25, 0.3) is 0 Å². The third-order valence-corrected chi connectivity index (χ3v) is 4.35. The number of aromatic nitrogens is 1. The number of hydrogen-bond acceptors (Lipinski definition) is 3. The number of nitrogens with zero attached hydrogens (tertiary/aromatic N) is 2. The summed E-state index contributed by atoms with van der Waals surface area (Å²) in [5.74, 6) is 0.939. The molecule has 0 radical (unpaired) electrons. The summed E-state index contributed by atoms with van der Waals surface area (Å²) in [6.07, 6.45) is 1.92. The standard InChI is InChI=1S/C17H22ClN3/c1-12(19-3)14-9-10-17(20-11-14)21(4)13(2)15-7-5-6-8-16(15)18/h5-13,19H,1-4H3. The lowest BCUT2D eigenvalue weighted by atomic mass is 10.1. The third kappa shape index (κ3) is 3.55. The molecule has 0 aliphatic carbocycles. The second-order valence-corrected chi connectivity index (χ2v) is 5.68. The van der Waals surface area contributed by atoms with Gasteiger partial charge < -0.3 is 10.2 Å². The first-order valence-electron chi connectivity index (χ1n) is 7.15. The van der Waals surface area contributed by atoms with E-state index in [1.807, 2.05) is 38.5 Å². The van der Waals surface area contributed by atoms with Gasteiger partial charge in [0, 0.05) is 24.3 Å². The van der Waals surface area contributed by atoms with Crippen LogP contribution < -0.4 is 10.2 Å². The summed E-state index contributed by atoms with van der Waals surface area (Å²) in [5.41, 5.74) is 2.29. The zero-order valence-corrected chi connectivity index (χ0v) is 13.7. The first-order chi connectivity index (χ1) is 10.0. The Labute approximate surface area is 132 Å². The van der Waals surface area contributed by atoms with E-state index in [0.717, 1.165) is 16.4 Å². The van der Waals surface area contributed by atoms with E-state index in [9.17, 15) is 0 Å². The van der Waals surface area contributed by atoms with Crippen LogP contribution in [0, 0.1) is 0 Å². The van der Waals surface area contributed by atoms with Crippen molar-refractivity contribution in [1.82, 2.24) is 10.3 Å². The van der Waals surface area contributed by atoms with Crippen molar-refractivity contribution in [3.63, 3.8) is 0 Å². The summed E-state index contributed by atoms with van der Waals surface area (Å²) in [7, 11) is 3.99. The molecule has 0 amide bonds. The number of nitrogens with one attached hydrogen (secondary N) is 1. The summed E-state index contributed by atoms with van der Waals surface area (Å²) in [6, 6.07) is 12.6. The van der Waals surface area contributed by atoms with Gasteiger partial charge in [-0.1, -0.05) is 35.9 Å². The molecule has 112 valence electrons. The van der Waals surface area contributed by atoms with Crippen LogP contribution in [0.25, 0.3) is 0 Å². The SMILES string of the molecule is CNC(C)c1ccc(N(C)C(C)c2ccccc2Cl)nc1. The second kappa shape index (κ2) is 6.92. The number of anilines is 1. The fourth-order valence-corrected chi connectivity index (χ4v) is 2.54. The van der Waals surface area contributed by atoms with Gasteiger partial charge in [-0.3, -0.25) is 0 Å². The van der Waals surface area contributed by atoms with Gasteiger partial charge in [-0.25, -0.2) is 4.98 Å². The topological polar surface area (TPSA) is 28.2 Å². The van der Waals surface area contributed by atoms with E-state index in [1.165, 1.54) is 5.56 Å². The zero-order valence-electron chi connectivity index (χ0n) is 13.0. The Morgan fingerprint density at radius 2 is 1.86 bits per heavy atom. The van der Waals surface area contributed by atoms with Crippen LogP contribution in [-0.4, -0.2) is 19.1 Å². The number of rotatable bonds is 5. The lowest BCUT2D eigenvalue weighted by Crippen LogP contribution is -2.23. The molecular weight excluding hydrogens is 282 g/mol. The van der Waals surface area contributed by atoms with Crippen LogP contribution in [0.1, 0.15) is 37.1 Å². The maximum Gasteiger partial charge on any atom is 0.128 e. The van der Waals surface area contributed by atoms with Gasteiger partial charge in [-0.2, -0.15) is 0 Å². The fraction of sp³-hybridized carbons (Fsp3) is 0.353. The highest BCUT2D eigenvalue weighted by molar-refractivity contribution is 6.31. The van der Waals surface area contributed by atoms with Crippen molar-refractivity contribution in [2.24, 2.45) is 0 Å². The third-order valence-electron chi connectivity index (χ3n) is 4.00. The summed E-state index contributed by atoms with van der Waals surface area (Å²) in [4.78, 5) is 6.70. The summed E-state index contributed by atoms with van der Waals surface area (Å²) < 4.78 is 0. The normalized spacial score (nSPS) is 13.8. The monoisotopic (exact) mass is 303 g/mol. The van der Waals surface area contributed by atoms with Gasteiger partial charge in [-0.05, 0) is 44.2 Å². The Bertz CT molecular complexity index is 583. The van der Waals surface area contributed by atoms with Crippen molar-refractivity contribution in [2.75, 3.05) is 19.0 Å². The Kier molecular flexibility index (Phi) is 5.21. The first-order valence-corrected chi connectivity index (χ1v) is 7.53. The van der Waals surface area contributed by atoms with Gasteiger partial charge in [0.05, 0.1) is 6.04 Å². The molecule has 0 saturated heterocycles. The molecular formula is C17H22ClN3. The lowest BCUT2D eigenvalue weighted by Gasteiger charge is -2.27. The van der Waals surface area contributed by atoms with Crippen molar-refractivity contribution in [2.45, 2.75) is 25.9 Å². The second-order valence-electron chi connectivity index (χ2n) is 5.27. The van der Waals surface area contributed by atoms with Crippen LogP contribution in [0.2, 0.25) is 5.02 Å². The maximum absolute atomic E-state index is 6.28. The van der Waals surface area contributed by atoms with E-state index in [0.29, 0.717) is 6.04 Å². The number of benzene rings is 1. The quantitative estimate of drug-likeness (QED) is 0.896. The Morgan fingerprint density at radius 1 is 1.14 bits per heavy atom. The molecule has 0 saturated carbocycles. The number of hydrogen-bond donors (Lipinski definition) is 1. The lowest BCUT2D eigenvalue weighted by molar-refractivity contribution is 0.648. The predicted octanol–water partition coefficient (Wildman–Crippen LogP) is 4.21. The summed E-state index contributed by atoms with van der Waals surface area (Å²) >= 11 is 6.28. The molecule has 1 aromatic carbocycles. The summed E-state index contributed by atoms with van der Waals surface area (Å²) in [5, 5.41) is 4.00. The molecule has 1 N–H and O–H groups in total. The van der Waals surface area contributed by atoms with Gasteiger partial charge in [0.15, 0.2) is 0 Å². The van der Waals surface area contributed by atoms with Crippen molar-refractivity contribution < 1.29 is 0 Å². The summed E-state index contributed by atoms with van der Waals surface area (Å²) in [6.45, 7) is 4.25. The molecule has 2 rings (SSSR count). The van der Waals surface area contributed by atoms with E-state index in [1.54, 1.807) is 0 Å². The minimum absolute atomic E-state index is 0.166. The Morgan fingerprint density at radius 3 is 2.43 bits per heavy atom.